The van der Waals surface area contributed by atoms with Gasteiger partial charge in [0.15, 0.2) is 0 Å². The standard InChI is InChI=1S/C17H21BrClNO4/c1-6-23-16(22)17(5)8-20(12(21)7-18)14-11(4)13(19)9(2)10(3)15(14)24-17/h6-8H2,1-5H3. The van der Waals surface area contributed by atoms with Crippen LogP contribution in [-0.2, 0) is 14.3 Å². The minimum atomic E-state index is -1.27. The number of hydrogen-bond acceptors (Lipinski definition) is 4. The number of hydrogen-bond donors (Lipinski definition) is 0. The van der Waals surface area contributed by atoms with Crippen molar-refractivity contribution in [3.8, 4) is 5.75 Å². The lowest BCUT2D eigenvalue weighted by Gasteiger charge is -2.41. The number of ether oxygens (including phenoxy) is 2. The maximum absolute atomic E-state index is 12.5. The largest absolute Gasteiger partial charge is 0.471 e. The van der Waals surface area contributed by atoms with Crippen LogP contribution in [0.4, 0.5) is 5.69 Å². The van der Waals surface area contributed by atoms with Crippen molar-refractivity contribution in [2.24, 2.45) is 0 Å². The summed E-state index contributed by atoms with van der Waals surface area (Å²) in [6.45, 7) is 9.30. The maximum atomic E-state index is 12.5. The monoisotopic (exact) mass is 417 g/mol. The Morgan fingerprint density at radius 1 is 1.29 bits per heavy atom. The van der Waals surface area contributed by atoms with Crippen LogP contribution in [0.15, 0.2) is 0 Å². The topological polar surface area (TPSA) is 55.8 Å². The Kier molecular flexibility index (Phi) is 5.50. The molecule has 0 saturated heterocycles. The van der Waals surface area contributed by atoms with Gasteiger partial charge in [0, 0.05) is 5.02 Å². The first-order valence-corrected chi connectivity index (χ1v) is 9.19. The van der Waals surface area contributed by atoms with Crippen LogP contribution >= 0.6 is 27.5 Å². The van der Waals surface area contributed by atoms with E-state index in [1.807, 2.05) is 20.8 Å². The number of anilines is 1. The molecule has 0 radical (unpaired) electrons. The van der Waals surface area contributed by atoms with Crippen LogP contribution in [-0.4, -0.2) is 36.0 Å². The van der Waals surface area contributed by atoms with Gasteiger partial charge in [-0.3, -0.25) is 4.79 Å². The Labute approximate surface area is 155 Å². The van der Waals surface area contributed by atoms with Gasteiger partial charge in [0.25, 0.3) is 0 Å². The van der Waals surface area contributed by atoms with E-state index in [0.717, 1.165) is 16.7 Å². The van der Waals surface area contributed by atoms with Gasteiger partial charge in [-0.1, -0.05) is 27.5 Å². The van der Waals surface area contributed by atoms with Gasteiger partial charge in [0.05, 0.1) is 24.2 Å². The molecule has 132 valence electrons. The summed E-state index contributed by atoms with van der Waals surface area (Å²) >= 11 is 9.62. The molecule has 7 heteroatoms. The predicted octanol–water partition coefficient (Wildman–Crippen LogP) is 3.71. The van der Waals surface area contributed by atoms with Gasteiger partial charge in [0.2, 0.25) is 11.5 Å². The van der Waals surface area contributed by atoms with Crippen LogP contribution in [0.25, 0.3) is 0 Å². The lowest BCUT2D eigenvalue weighted by molar-refractivity contribution is -0.160. The lowest BCUT2D eigenvalue weighted by atomic mass is 9.96. The van der Waals surface area contributed by atoms with Crippen molar-refractivity contribution >= 4 is 45.1 Å². The van der Waals surface area contributed by atoms with E-state index >= 15 is 0 Å². The molecule has 1 amide bonds. The molecular weight excluding hydrogens is 398 g/mol. The van der Waals surface area contributed by atoms with Crippen molar-refractivity contribution in [2.45, 2.75) is 40.2 Å². The molecule has 1 unspecified atom stereocenters. The highest BCUT2D eigenvalue weighted by atomic mass is 79.9. The number of amides is 1. The number of esters is 1. The van der Waals surface area contributed by atoms with Gasteiger partial charge >= 0.3 is 5.97 Å². The quantitative estimate of drug-likeness (QED) is 0.555. The van der Waals surface area contributed by atoms with E-state index in [4.69, 9.17) is 21.1 Å². The third kappa shape index (κ3) is 3.02. The summed E-state index contributed by atoms with van der Waals surface area (Å²) in [5.41, 5.74) is 1.79. The SMILES string of the molecule is CCOC(=O)C1(C)CN(C(=O)CBr)c2c(C)c(Cl)c(C)c(C)c2O1. The fourth-order valence-corrected chi connectivity index (χ4v) is 3.37. The van der Waals surface area contributed by atoms with Crippen molar-refractivity contribution in [3.05, 3.63) is 21.7 Å². The summed E-state index contributed by atoms with van der Waals surface area (Å²) in [7, 11) is 0. The van der Waals surface area contributed by atoms with Crippen LogP contribution in [0, 0.1) is 20.8 Å². The molecular formula is C17H21BrClNO4. The number of rotatable bonds is 3. The molecule has 1 aromatic rings. The first kappa shape index (κ1) is 19.1. The van der Waals surface area contributed by atoms with Gasteiger partial charge < -0.3 is 14.4 Å². The normalized spacial score (nSPS) is 19.5. The highest BCUT2D eigenvalue weighted by molar-refractivity contribution is 9.09. The fourth-order valence-electron chi connectivity index (χ4n) is 2.83. The third-order valence-electron chi connectivity index (χ3n) is 4.31. The smallest absolute Gasteiger partial charge is 0.352 e. The zero-order valence-corrected chi connectivity index (χ0v) is 16.8. The van der Waals surface area contributed by atoms with E-state index in [2.05, 4.69) is 15.9 Å². The Hall–Kier alpha value is -1.27. The van der Waals surface area contributed by atoms with Crippen LogP contribution in [0.1, 0.15) is 30.5 Å². The molecule has 0 bridgehead atoms. The molecule has 1 aromatic carbocycles. The Morgan fingerprint density at radius 3 is 2.46 bits per heavy atom. The summed E-state index contributed by atoms with van der Waals surface area (Å²) < 4.78 is 11.2. The molecule has 1 heterocycles. The van der Waals surface area contributed by atoms with E-state index in [0.29, 0.717) is 16.5 Å². The van der Waals surface area contributed by atoms with Gasteiger partial charge in [-0.25, -0.2) is 4.79 Å². The van der Waals surface area contributed by atoms with Crippen LogP contribution < -0.4 is 9.64 Å². The Morgan fingerprint density at radius 2 is 1.92 bits per heavy atom. The molecule has 0 fully saturated rings. The zero-order chi connectivity index (χ0) is 18.2. The van der Waals surface area contributed by atoms with E-state index in [1.165, 1.54) is 0 Å². The highest BCUT2D eigenvalue weighted by Gasteiger charge is 2.46. The van der Waals surface area contributed by atoms with E-state index in [1.54, 1.807) is 18.7 Å². The number of carbonyl (C=O) groups is 2. The molecule has 0 N–H and O–H groups in total. The minimum absolute atomic E-state index is 0.0724. The van der Waals surface area contributed by atoms with E-state index in [9.17, 15) is 9.59 Å². The van der Waals surface area contributed by atoms with Gasteiger partial charge in [-0.05, 0) is 51.3 Å². The minimum Gasteiger partial charge on any atom is -0.471 e. The van der Waals surface area contributed by atoms with Crippen LogP contribution in [0.2, 0.25) is 5.02 Å². The second-order valence-electron chi connectivity index (χ2n) is 6.03. The van der Waals surface area contributed by atoms with Crippen molar-refractivity contribution in [2.75, 3.05) is 23.4 Å². The van der Waals surface area contributed by atoms with E-state index < -0.39 is 11.6 Å². The highest BCUT2D eigenvalue weighted by Crippen LogP contribution is 2.46. The molecule has 0 aromatic heterocycles. The first-order valence-electron chi connectivity index (χ1n) is 7.69. The summed E-state index contributed by atoms with van der Waals surface area (Å²) in [4.78, 5) is 26.5. The average molecular weight is 419 g/mol. The van der Waals surface area contributed by atoms with Crippen molar-refractivity contribution in [1.29, 1.82) is 0 Å². The van der Waals surface area contributed by atoms with Gasteiger partial charge in [0.1, 0.15) is 5.75 Å². The summed E-state index contributed by atoms with van der Waals surface area (Å²) in [6, 6.07) is 0. The number of nitrogens with zero attached hydrogens (tertiary/aromatic N) is 1. The number of carbonyl (C=O) groups excluding carboxylic acids is 2. The van der Waals surface area contributed by atoms with Crippen molar-refractivity contribution < 1.29 is 19.1 Å². The van der Waals surface area contributed by atoms with Gasteiger partial charge in [-0.15, -0.1) is 0 Å². The molecule has 5 nitrogen and oxygen atoms in total. The molecule has 24 heavy (non-hydrogen) atoms. The zero-order valence-electron chi connectivity index (χ0n) is 14.5. The second-order valence-corrected chi connectivity index (χ2v) is 6.97. The summed E-state index contributed by atoms with van der Waals surface area (Å²) in [5, 5.41) is 0.733. The second kappa shape index (κ2) is 6.92. The summed E-state index contributed by atoms with van der Waals surface area (Å²) in [5.74, 6) is -0.157. The molecule has 0 saturated carbocycles. The van der Waals surface area contributed by atoms with Crippen molar-refractivity contribution in [3.63, 3.8) is 0 Å². The van der Waals surface area contributed by atoms with Crippen LogP contribution in [0.5, 0.6) is 5.75 Å². The summed E-state index contributed by atoms with van der Waals surface area (Å²) in [6.07, 6.45) is 0. The Balaban J connectivity index is 2.69. The molecule has 0 aliphatic carbocycles. The third-order valence-corrected chi connectivity index (χ3v) is 5.36. The maximum Gasteiger partial charge on any atom is 0.352 e. The lowest BCUT2D eigenvalue weighted by Crippen LogP contribution is -2.57. The average Bonchev–Trinajstić information content (AvgIpc) is 2.56. The molecule has 1 aliphatic heterocycles. The molecule has 1 aliphatic rings. The fraction of sp³-hybridized carbons (Fsp3) is 0.529. The van der Waals surface area contributed by atoms with Crippen molar-refractivity contribution in [1.82, 2.24) is 0 Å². The van der Waals surface area contributed by atoms with Gasteiger partial charge in [-0.2, -0.15) is 0 Å². The molecule has 1 atom stereocenters. The van der Waals surface area contributed by atoms with Crippen LogP contribution in [0.3, 0.4) is 0 Å². The molecule has 2 rings (SSSR count). The number of benzene rings is 1. The Bertz CT molecular complexity index is 707. The predicted molar refractivity (Wildman–Crippen MR) is 97.5 cm³/mol. The molecule has 0 spiro atoms. The number of fused-ring (bicyclic) bond motifs is 1. The first-order chi connectivity index (χ1) is 11.2. The number of halogens is 2. The van der Waals surface area contributed by atoms with E-state index in [-0.39, 0.29) is 24.4 Å². The number of alkyl halides is 1.